The Bertz CT molecular complexity index is 311. The number of sulfone groups is 1. The summed E-state index contributed by atoms with van der Waals surface area (Å²) < 4.78 is 28.7. The van der Waals surface area contributed by atoms with E-state index in [0.717, 1.165) is 32.4 Å². The number of methoxy groups -OCH3 is 1. The molecule has 0 aliphatic carbocycles. The molecule has 0 spiro atoms. The Morgan fingerprint density at radius 3 is 2.21 bits per heavy atom. The minimum atomic E-state index is -2.87. The Balaban J connectivity index is 4.37. The molecule has 0 saturated carbocycles. The lowest BCUT2D eigenvalue weighted by molar-refractivity contribution is 0.184. The van der Waals surface area contributed by atoms with Gasteiger partial charge in [-0.05, 0) is 31.1 Å². The smallest absolute Gasteiger partial charge is 0.150 e. The van der Waals surface area contributed by atoms with Crippen LogP contribution in [0.1, 0.15) is 46.5 Å². The van der Waals surface area contributed by atoms with Crippen LogP contribution in [-0.2, 0) is 14.6 Å². The Kier molecular flexibility index (Phi) is 9.66. The average Bonchev–Trinajstić information content (AvgIpc) is 2.39. The summed E-state index contributed by atoms with van der Waals surface area (Å²) >= 11 is 0. The summed E-state index contributed by atoms with van der Waals surface area (Å²) in [7, 11) is -1.19. The summed E-state index contributed by atoms with van der Waals surface area (Å²) in [6.07, 6.45) is 3.47. The largest absolute Gasteiger partial charge is 0.383 e. The van der Waals surface area contributed by atoms with Crippen molar-refractivity contribution < 1.29 is 13.2 Å². The monoisotopic (exact) mass is 293 g/mol. The predicted molar refractivity (Wildman–Crippen MR) is 81.3 cm³/mol. The first-order valence-electron chi connectivity index (χ1n) is 7.35. The van der Waals surface area contributed by atoms with Gasteiger partial charge >= 0.3 is 0 Å². The predicted octanol–water partition coefficient (Wildman–Crippen LogP) is 2.24. The summed E-state index contributed by atoms with van der Waals surface area (Å²) in [4.78, 5) is 0. The summed E-state index contributed by atoms with van der Waals surface area (Å²) in [5, 5.41) is 3.38. The molecule has 0 aromatic heterocycles. The number of nitrogens with one attached hydrogen (secondary N) is 1. The first-order chi connectivity index (χ1) is 8.95. The molecule has 0 unspecified atom stereocenters. The SMILES string of the molecule is CCCS(=O)(=O)CCC(CC)(CC)CNCCOC. The van der Waals surface area contributed by atoms with E-state index in [1.807, 2.05) is 6.92 Å². The van der Waals surface area contributed by atoms with Gasteiger partial charge in [-0.3, -0.25) is 0 Å². The van der Waals surface area contributed by atoms with Gasteiger partial charge in [-0.1, -0.05) is 20.8 Å². The molecule has 1 N–H and O–H groups in total. The Morgan fingerprint density at radius 1 is 1.11 bits per heavy atom. The van der Waals surface area contributed by atoms with E-state index in [1.165, 1.54) is 0 Å². The van der Waals surface area contributed by atoms with Crippen molar-refractivity contribution in [2.24, 2.45) is 5.41 Å². The molecule has 4 nitrogen and oxygen atoms in total. The van der Waals surface area contributed by atoms with E-state index in [-0.39, 0.29) is 5.41 Å². The highest BCUT2D eigenvalue weighted by Gasteiger charge is 2.27. The molecular formula is C14H31NO3S. The van der Waals surface area contributed by atoms with Crippen molar-refractivity contribution in [1.29, 1.82) is 0 Å². The van der Waals surface area contributed by atoms with E-state index in [1.54, 1.807) is 7.11 Å². The molecule has 0 aliphatic heterocycles. The lowest BCUT2D eigenvalue weighted by atomic mass is 9.80. The topological polar surface area (TPSA) is 55.4 Å². The quantitative estimate of drug-likeness (QED) is 0.561. The molecule has 0 aliphatic rings. The fourth-order valence-electron chi connectivity index (χ4n) is 2.25. The molecule has 0 amide bonds. The zero-order valence-corrected chi connectivity index (χ0v) is 13.8. The van der Waals surface area contributed by atoms with E-state index in [4.69, 9.17) is 4.74 Å². The van der Waals surface area contributed by atoms with Gasteiger partial charge in [-0.2, -0.15) is 0 Å². The fourth-order valence-corrected chi connectivity index (χ4v) is 3.82. The van der Waals surface area contributed by atoms with Gasteiger partial charge in [0.1, 0.15) is 9.84 Å². The van der Waals surface area contributed by atoms with Crippen molar-refractivity contribution in [3.8, 4) is 0 Å². The third kappa shape index (κ3) is 7.90. The average molecular weight is 293 g/mol. The van der Waals surface area contributed by atoms with Crippen LogP contribution in [0.2, 0.25) is 0 Å². The van der Waals surface area contributed by atoms with Gasteiger partial charge in [0.15, 0.2) is 0 Å². The molecule has 0 rings (SSSR count). The summed E-state index contributed by atoms with van der Waals surface area (Å²) in [6.45, 7) is 8.58. The molecular weight excluding hydrogens is 262 g/mol. The van der Waals surface area contributed by atoms with Crippen molar-refractivity contribution in [2.75, 3.05) is 38.3 Å². The second-order valence-corrected chi connectivity index (χ2v) is 7.58. The molecule has 19 heavy (non-hydrogen) atoms. The van der Waals surface area contributed by atoms with Crippen molar-refractivity contribution in [3.05, 3.63) is 0 Å². The molecule has 0 fully saturated rings. The van der Waals surface area contributed by atoms with Crippen LogP contribution in [0.3, 0.4) is 0 Å². The zero-order valence-electron chi connectivity index (χ0n) is 13.0. The minimum absolute atomic E-state index is 0.0918. The first-order valence-corrected chi connectivity index (χ1v) is 9.17. The summed E-state index contributed by atoms with van der Waals surface area (Å²) in [5.41, 5.74) is 0.0918. The van der Waals surface area contributed by atoms with Gasteiger partial charge in [0, 0.05) is 26.0 Å². The molecule has 5 heteroatoms. The van der Waals surface area contributed by atoms with Crippen molar-refractivity contribution in [3.63, 3.8) is 0 Å². The maximum Gasteiger partial charge on any atom is 0.150 e. The Morgan fingerprint density at radius 2 is 1.74 bits per heavy atom. The van der Waals surface area contributed by atoms with Crippen molar-refractivity contribution >= 4 is 9.84 Å². The molecule has 116 valence electrons. The Labute approximate surface area is 119 Å². The van der Waals surface area contributed by atoms with Crippen molar-refractivity contribution in [2.45, 2.75) is 46.5 Å². The fraction of sp³-hybridized carbons (Fsp3) is 1.00. The molecule has 0 heterocycles. The Hall–Kier alpha value is -0.130. The van der Waals surface area contributed by atoms with Gasteiger partial charge < -0.3 is 10.1 Å². The molecule has 0 saturated heterocycles. The van der Waals surface area contributed by atoms with Gasteiger partial charge in [0.05, 0.1) is 12.4 Å². The maximum absolute atomic E-state index is 11.8. The number of hydrogen-bond acceptors (Lipinski definition) is 4. The first kappa shape index (κ1) is 18.9. The van der Waals surface area contributed by atoms with E-state index in [2.05, 4.69) is 19.2 Å². The lowest BCUT2D eigenvalue weighted by Crippen LogP contribution is -2.36. The molecule has 0 bridgehead atoms. The van der Waals surface area contributed by atoms with Crippen LogP contribution in [0.25, 0.3) is 0 Å². The maximum atomic E-state index is 11.8. The number of ether oxygens (including phenoxy) is 1. The molecule has 0 aromatic carbocycles. The van der Waals surface area contributed by atoms with Gasteiger partial charge in [0.25, 0.3) is 0 Å². The third-order valence-electron chi connectivity index (χ3n) is 3.94. The van der Waals surface area contributed by atoms with Gasteiger partial charge in [-0.25, -0.2) is 8.42 Å². The molecule has 0 aromatic rings. The highest BCUT2D eigenvalue weighted by molar-refractivity contribution is 7.91. The van der Waals surface area contributed by atoms with Crippen molar-refractivity contribution in [1.82, 2.24) is 5.32 Å². The zero-order chi connectivity index (χ0) is 14.8. The summed E-state index contributed by atoms with van der Waals surface area (Å²) in [5.74, 6) is 0.627. The second-order valence-electron chi connectivity index (χ2n) is 5.28. The molecule has 0 radical (unpaired) electrons. The van der Waals surface area contributed by atoms with E-state index in [0.29, 0.717) is 24.5 Å². The van der Waals surface area contributed by atoms with Crippen LogP contribution in [0.4, 0.5) is 0 Å². The third-order valence-corrected chi connectivity index (χ3v) is 5.80. The lowest BCUT2D eigenvalue weighted by Gasteiger charge is -2.32. The summed E-state index contributed by atoms with van der Waals surface area (Å²) in [6, 6.07) is 0. The minimum Gasteiger partial charge on any atom is -0.383 e. The second kappa shape index (κ2) is 9.72. The van der Waals surface area contributed by atoms with Gasteiger partial charge in [0.2, 0.25) is 0 Å². The molecule has 0 atom stereocenters. The highest BCUT2D eigenvalue weighted by atomic mass is 32.2. The van der Waals surface area contributed by atoms with Crippen LogP contribution in [0.5, 0.6) is 0 Å². The normalized spacial score (nSPS) is 12.8. The number of rotatable bonds is 12. The van der Waals surface area contributed by atoms with Crippen LogP contribution >= 0.6 is 0 Å². The van der Waals surface area contributed by atoms with Crippen LogP contribution in [0, 0.1) is 5.41 Å². The van der Waals surface area contributed by atoms with E-state index in [9.17, 15) is 8.42 Å². The standard InChI is InChI=1S/C14H31NO3S/c1-5-11-19(16,17)12-8-14(6-2,7-3)13-15-9-10-18-4/h15H,5-13H2,1-4H3. The highest BCUT2D eigenvalue weighted by Crippen LogP contribution is 2.30. The van der Waals surface area contributed by atoms with Crippen LogP contribution in [0.15, 0.2) is 0 Å². The number of hydrogen-bond donors (Lipinski definition) is 1. The van der Waals surface area contributed by atoms with Gasteiger partial charge in [-0.15, -0.1) is 0 Å². The van der Waals surface area contributed by atoms with E-state index >= 15 is 0 Å². The van der Waals surface area contributed by atoms with Crippen LogP contribution < -0.4 is 5.32 Å². The van der Waals surface area contributed by atoms with Crippen LogP contribution in [-0.4, -0.2) is 46.7 Å². The van der Waals surface area contributed by atoms with E-state index < -0.39 is 9.84 Å².